The van der Waals surface area contributed by atoms with Gasteiger partial charge in [0.05, 0.1) is 6.42 Å². The molecule has 1 aromatic rings. The molecule has 0 spiro atoms. The SMILES string of the molecule is C[P-]CSC(=O)CCC(=O)OCc1ccccc1. The number of hydrogen-bond acceptors (Lipinski definition) is 4. The van der Waals surface area contributed by atoms with Gasteiger partial charge in [0.15, 0.2) is 5.12 Å². The maximum Gasteiger partial charge on any atom is 0.306 e. The Morgan fingerprint density at radius 1 is 1.22 bits per heavy atom. The number of esters is 1. The molecule has 0 saturated carbocycles. The molecule has 5 heteroatoms. The summed E-state index contributed by atoms with van der Waals surface area (Å²) in [6.07, 6.45) is 0.424. The maximum atomic E-state index is 11.4. The normalized spacial score (nSPS) is 10.7. The van der Waals surface area contributed by atoms with E-state index in [0.29, 0.717) is 0 Å². The first-order valence-electron chi connectivity index (χ1n) is 5.63. The summed E-state index contributed by atoms with van der Waals surface area (Å²) in [7, 11) is 1.18. The molecule has 0 fully saturated rings. The van der Waals surface area contributed by atoms with E-state index in [1.807, 2.05) is 37.0 Å². The van der Waals surface area contributed by atoms with Crippen molar-refractivity contribution >= 4 is 31.4 Å². The van der Waals surface area contributed by atoms with Crippen LogP contribution in [0.4, 0.5) is 0 Å². The standard InChI is InChI=1S/C13H16O3PS/c1-17-10-18-13(15)8-7-12(14)16-9-11-5-3-2-4-6-11/h2-6H,7-10H2,1H3/q-1. The monoisotopic (exact) mass is 283 g/mol. The predicted molar refractivity (Wildman–Crippen MR) is 75.8 cm³/mol. The van der Waals surface area contributed by atoms with E-state index in [1.165, 1.54) is 20.3 Å². The molecule has 0 bridgehead atoms. The summed E-state index contributed by atoms with van der Waals surface area (Å²) < 4.78 is 5.08. The highest BCUT2D eigenvalue weighted by Gasteiger charge is 2.07. The molecule has 0 radical (unpaired) electrons. The van der Waals surface area contributed by atoms with E-state index in [1.54, 1.807) is 0 Å². The van der Waals surface area contributed by atoms with Crippen molar-refractivity contribution in [2.45, 2.75) is 19.4 Å². The molecular weight excluding hydrogens is 267 g/mol. The summed E-state index contributed by atoms with van der Waals surface area (Å²) in [6, 6.07) is 9.50. The van der Waals surface area contributed by atoms with Crippen molar-refractivity contribution in [3.63, 3.8) is 0 Å². The van der Waals surface area contributed by atoms with Crippen molar-refractivity contribution in [3.05, 3.63) is 35.9 Å². The second-order valence-electron chi connectivity index (χ2n) is 3.61. The fraction of sp³-hybridized carbons (Fsp3) is 0.385. The average Bonchev–Trinajstić information content (AvgIpc) is 2.41. The van der Waals surface area contributed by atoms with Gasteiger partial charge in [0, 0.05) is 6.42 Å². The Balaban J connectivity index is 2.16. The third-order valence-corrected chi connectivity index (χ3v) is 4.21. The maximum absolute atomic E-state index is 11.4. The first-order chi connectivity index (χ1) is 8.72. The van der Waals surface area contributed by atoms with Crippen LogP contribution in [-0.2, 0) is 20.9 Å². The number of hydrogen-bond donors (Lipinski definition) is 0. The minimum Gasteiger partial charge on any atom is -0.532 e. The molecule has 3 nitrogen and oxygen atoms in total. The van der Waals surface area contributed by atoms with Gasteiger partial charge in [-0.1, -0.05) is 30.3 Å². The van der Waals surface area contributed by atoms with Crippen LogP contribution < -0.4 is 0 Å². The molecule has 18 heavy (non-hydrogen) atoms. The van der Waals surface area contributed by atoms with E-state index in [-0.39, 0.29) is 30.5 Å². The van der Waals surface area contributed by atoms with E-state index in [4.69, 9.17) is 4.74 Å². The van der Waals surface area contributed by atoms with Crippen LogP contribution in [0.1, 0.15) is 18.4 Å². The Morgan fingerprint density at radius 3 is 2.61 bits per heavy atom. The second kappa shape index (κ2) is 9.12. The van der Waals surface area contributed by atoms with Crippen LogP contribution in [0.5, 0.6) is 0 Å². The number of rotatable bonds is 7. The summed E-state index contributed by atoms with van der Waals surface area (Å²) in [5.41, 5.74) is 1.74. The third-order valence-electron chi connectivity index (χ3n) is 2.13. The highest BCUT2D eigenvalue weighted by molar-refractivity contribution is 8.16. The number of thioether (sulfide) groups is 1. The topological polar surface area (TPSA) is 43.4 Å². The molecule has 0 N–H and O–H groups in total. The van der Waals surface area contributed by atoms with Gasteiger partial charge in [-0.15, -0.1) is 17.3 Å². The Labute approximate surface area is 113 Å². The molecule has 1 rings (SSSR count). The van der Waals surface area contributed by atoms with Gasteiger partial charge in [0.25, 0.3) is 0 Å². The molecule has 0 heterocycles. The smallest absolute Gasteiger partial charge is 0.306 e. The van der Waals surface area contributed by atoms with Gasteiger partial charge < -0.3 is 13.3 Å². The van der Waals surface area contributed by atoms with E-state index in [9.17, 15) is 9.59 Å². The Kier molecular flexibility index (Phi) is 7.70. The van der Waals surface area contributed by atoms with Crippen LogP contribution in [0.2, 0.25) is 0 Å². The van der Waals surface area contributed by atoms with E-state index < -0.39 is 0 Å². The van der Waals surface area contributed by atoms with Crippen LogP contribution >= 0.6 is 20.3 Å². The molecule has 0 aliphatic carbocycles. The summed E-state index contributed by atoms with van der Waals surface area (Å²) in [5.74, 6) is -0.318. The summed E-state index contributed by atoms with van der Waals surface area (Å²) in [5, 5.41) is 0.0565. The van der Waals surface area contributed by atoms with E-state index in [0.717, 1.165) is 11.1 Å². The zero-order valence-electron chi connectivity index (χ0n) is 10.3. The first-order valence-corrected chi connectivity index (χ1v) is 8.14. The van der Waals surface area contributed by atoms with Gasteiger partial charge >= 0.3 is 5.97 Å². The van der Waals surface area contributed by atoms with Crippen molar-refractivity contribution in [2.24, 2.45) is 0 Å². The molecule has 0 saturated heterocycles. The predicted octanol–water partition coefficient (Wildman–Crippen LogP) is 3.30. The lowest BCUT2D eigenvalue weighted by Gasteiger charge is -2.07. The largest absolute Gasteiger partial charge is 0.532 e. The quantitative estimate of drug-likeness (QED) is 0.569. The van der Waals surface area contributed by atoms with Crippen LogP contribution in [0.25, 0.3) is 0 Å². The van der Waals surface area contributed by atoms with Crippen molar-refractivity contribution in [1.82, 2.24) is 0 Å². The lowest BCUT2D eigenvalue weighted by atomic mass is 10.2. The summed E-state index contributed by atoms with van der Waals surface area (Å²) in [6.45, 7) is 2.27. The van der Waals surface area contributed by atoms with Crippen LogP contribution in [0.3, 0.4) is 0 Å². The number of carbonyl (C=O) groups excluding carboxylic acids is 2. The minimum atomic E-state index is -0.318. The minimum absolute atomic E-state index is 0.0565. The number of ether oxygens (including phenoxy) is 1. The Bertz CT molecular complexity index is 381. The number of benzene rings is 1. The van der Waals surface area contributed by atoms with Crippen molar-refractivity contribution in [1.29, 1.82) is 0 Å². The number of carbonyl (C=O) groups is 2. The van der Waals surface area contributed by atoms with Crippen LogP contribution in [0, 0.1) is 0 Å². The fourth-order valence-electron chi connectivity index (χ4n) is 1.22. The second-order valence-corrected chi connectivity index (χ2v) is 6.02. The van der Waals surface area contributed by atoms with Crippen molar-refractivity contribution in [3.8, 4) is 0 Å². The molecule has 1 aromatic carbocycles. The molecular formula is C13H16O3PS-. The molecule has 0 atom stereocenters. The van der Waals surface area contributed by atoms with E-state index >= 15 is 0 Å². The molecule has 0 unspecified atom stereocenters. The van der Waals surface area contributed by atoms with Gasteiger partial charge in [0.2, 0.25) is 0 Å². The van der Waals surface area contributed by atoms with Gasteiger partial charge in [-0.3, -0.25) is 9.59 Å². The molecule has 0 aliphatic heterocycles. The van der Waals surface area contributed by atoms with Gasteiger partial charge in [-0.25, -0.2) is 0 Å². The van der Waals surface area contributed by atoms with Crippen LogP contribution in [0.15, 0.2) is 30.3 Å². The summed E-state index contributed by atoms with van der Waals surface area (Å²) >= 11 is 1.27. The lowest BCUT2D eigenvalue weighted by Crippen LogP contribution is -2.06. The molecule has 98 valence electrons. The van der Waals surface area contributed by atoms with Gasteiger partial charge in [0.1, 0.15) is 6.61 Å². The van der Waals surface area contributed by atoms with E-state index in [2.05, 4.69) is 0 Å². The highest BCUT2D eigenvalue weighted by atomic mass is 32.2. The molecule has 0 aromatic heterocycles. The van der Waals surface area contributed by atoms with Gasteiger partial charge in [-0.2, -0.15) is 6.66 Å². The Hall–Kier alpha value is -0.860. The molecule has 0 aliphatic rings. The van der Waals surface area contributed by atoms with Crippen LogP contribution in [-0.4, -0.2) is 23.2 Å². The Morgan fingerprint density at radius 2 is 1.94 bits per heavy atom. The fourth-order valence-corrected chi connectivity index (χ4v) is 2.56. The zero-order valence-corrected chi connectivity index (χ0v) is 12.0. The lowest BCUT2D eigenvalue weighted by molar-refractivity contribution is -0.145. The third kappa shape index (κ3) is 6.77. The van der Waals surface area contributed by atoms with Crippen molar-refractivity contribution in [2.75, 3.05) is 12.2 Å². The highest BCUT2D eigenvalue weighted by Crippen LogP contribution is 2.17. The average molecular weight is 283 g/mol. The van der Waals surface area contributed by atoms with Gasteiger partial charge in [-0.05, 0) is 5.56 Å². The zero-order chi connectivity index (χ0) is 13.2. The van der Waals surface area contributed by atoms with Crippen molar-refractivity contribution < 1.29 is 14.3 Å². The summed E-state index contributed by atoms with van der Waals surface area (Å²) in [4.78, 5) is 22.7. The molecule has 0 amide bonds. The first kappa shape index (κ1) is 15.2.